The van der Waals surface area contributed by atoms with Crippen LogP contribution >= 0.6 is 11.6 Å². The molecule has 0 bridgehead atoms. The van der Waals surface area contributed by atoms with Crippen LogP contribution in [-0.2, 0) is 22.0 Å². The predicted molar refractivity (Wildman–Crippen MR) is 141 cm³/mol. The fraction of sp³-hybridized carbons (Fsp3) is 0.308. The first kappa shape index (κ1) is 24.5. The summed E-state index contributed by atoms with van der Waals surface area (Å²) in [7, 11) is -3.95. The molecule has 0 spiro atoms. The van der Waals surface area contributed by atoms with Gasteiger partial charge in [-0.25, -0.2) is 22.8 Å². The first-order valence-corrected chi connectivity index (χ1v) is 13.6. The van der Waals surface area contributed by atoms with Crippen LogP contribution in [0.5, 0.6) is 0 Å². The van der Waals surface area contributed by atoms with Crippen molar-refractivity contribution < 1.29 is 13.5 Å². The Labute approximate surface area is 214 Å². The van der Waals surface area contributed by atoms with Crippen LogP contribution in [0.15, 0.2) is 58.2 Å². The Hall–Kier alpha value is -3.14. The number of aliphatic hydroxyl groups is 1. The topological polar surface area (TPSA) is 108 Å². The predicted octanol–water partition coefficient (Wildman–Crippen LogP) is 4.43. The van der Waals surface area contributed by atoms with Gasteiger partial charge in [0.05, 0.1) is 32.5 Å². The Morgan fingerprint density at radius 3 is 2.58 bits per heavy atom. The Morgan fingerprint density at radius 2 is 1.83 bits per heavy atom. The molecule has 5 rings (SSSR count). The second-order valence-corrected chi connectivity index (χ2v) is 11.9. The summed E-state index contributed by atoms with van der Waals surface area (Å²) in [5.41, 5.74) is 1.93. The van der Waals surface area contributed by atoms with Crippen LogP contribution < -0.4 is 9.99 Å². The molecule has 188 valence electrons. The molecule has 0 atom stereocenters. The molecule has 0 aliphatic carbocycles. The number of rotatable bonds is 4. The third kappa shape index (κ3) is 4.11. The van der Waals surface area contributed by atoms with E-state index in [2.05, 4.69) is 9.97 Å². The van der Waals surface area contributed by atoms with Crippen LogP contribution in [0.2, 0.25) is 5.02 Å². The number of hydrogen-bond donors (Lipinski definition) is 2. The van der Waals surface area contributed by atoms with Gasteiger partial charge < -0.3 is 10.1 Å². The molecule has 0 fully saturated rings. The van der Waals surface area contributed by atoms with Crippen LogP contribution in [0.4, 0.5) is 5.69 Å². The Kier molecular flexibility index (Phi) is 5.97. The Balaban J connectivity index is 1.70. The van der Waals surface area contributed by atoms with E-state index in [0.717, 1.165) is 24.8 Å². The van der Waals surface area contributed by atoms with Gasteiger partial charge in [0.15, 0.2) is 5.65 Å². The van der Waals surface area contributed by atoms with Crippen molar-refractivity contribution in [3.8, 4) is 5.69 Å². The highest BCUT2D eigenvalue weighted by atomic mass is 35.5. The van der Waals surface area contributed by atoms with Crippen molar-refractivity contribution in [2.75, 3.05) is 10.8 Å². The summed E-state index contributed by atoms with van der Waals surface area (Å²) in [6, 6.07) is 13.6. The van der Waals surface area contributed by atoms with E-state index in [1.807, 2.05) is 24.3 Å². The average molecular weight is 527 g/mol. The Morgan fingerprint density at radius 1 is 1.08 bits per heavy atom. The molecular weight excluding hydrogens is 500 g/mol. The standard InChI is InChI=1S/C26H27ClN4O4S/c1-16-14-22(26(2,3)33)28-24-23(16)29-25(32)31(24)21-15-18(11-12-19(21)27)36(34,35)30-13-7-6-9-17-8-4-5-10-20(17)30/h4-5,8,10-12,14-15,33H,6-7,9,13H2,1-3H3,(H,29,32). The van der Waals surface area contributed by atoms with Gasteiger partial charge in [-0.05, 0) is 81.5 Å². The van der Waals surface area contributed by atoms with E-state index in [0.29, 0.717) is 29.0 Å². The van der Waals surface area contributed by atoms with Gasteiger partial charge in [-0.1, -0.05) is 29.8 Å². The molecular formula is C26H27ClN4O4S. The number of para-hydroxylation sites is 1. The minimum atomic E-state index is -3.95. The number of nitrogens with one attached hydrogen (secondary N) is 1. The number of aromatic amines is 1. The number of aromatic nitrogens is 3. The van der Waals surface area contributed by atoms with E-state index in [-0.39, 0.29) is 21.3 Å². The van der Waals surface area contributed by atoms with Gasteiger partial charge in [-0.3, -0.25) is 4.31 Å². The van der Waals surface area contributed by atoms with Gasteiger partial charge in [-0.2, -0.15) is 0 Å². The van der Waals surface area contributed by atoms with E-state index >= 15 is 0 Å². The molecule has 2 aromatic carbocycles. The third-order valence-electron chi connectivity index (χ3n) is 6.54. The minimum Gasteiger partial charge on any atom is -0.384 e. The zero-order chi connectivity index (χ0) is 25.8. The number of hydrogen-bond acceptors (Lipinski definition) is 5. The quantitative estimate of drug-likeness (QED) is 0.409. The molecule has 0 amide bonds. The summed E-state index contributed by atoms with van der Waals surface area (Å²) in [5, 5.41) is 10.7. The van der Waals surface area contributed by atoms with Crippen LogP contribution in [0.1, 0.15) is 43.5 Å². The number of benzene rings is 2. The summed E-state index contributed by atoms with van der Waals surface area (Å²) in [5.74, 6) is 0. The molecule has 0 saturated heterocycles. The summed E-state index contributed by atoms with van der Waals surface area (Å²) < 4.78 is 30.4. The van der Waals surface area contributed by atoms with Crippen molar-refractivity contribution in [2.24, 2.45) is 0 Å². The van der Waals surface area contributed by atoms with E-state index in [4.69, 9.17) is 11.6 Å². The van der Waals surface area contributed by atoms with Crippen LogP contribution in [-0.4, -0.2) is 34.6 Å². The van der Waals surface area contributed by atoms with Gasteiger partial charge in [0.1, 0.15) is 5.60 Å². The highest BCUT2D eigenvalue weighted by molar-refractivity contribution is 7.92. The fourth-order valence-corrected chi connectivity index (χ4v) is 6.39. The normalized spacial score (nSPS) is 14.6. The molecule has 8 nitrogen and oxygen atoms in total. The first-order valence-electron chi connectivity index (χ1n) is 11.7. The molecule has 10 heteroatoms. The highest BCUT2D eigenvalue weighted by Crippen LogP contribution is 2.33. The lowest BCUT2D eigenvalue weighted by atomic mass is 10.0. The van der Waals surface area contributed by atoms with E-state index < -0.39 is 21.3 Å². The molecule has 2 N–H and O–H groups in total. The smallest absolute Gasteiger partial charge is 0.332 e. The Bertz CT molecular complexity index is 1650. The summed E-state index contributed by atoms with van der Waals surface area (Å²) in [6.45, 7) is 5.38. The maximum Gasteiger partial charge on any atom is 0.332 e. The average Bonchev–Trinajstić information content (AvgIpc) is 3.00. The summed E-state index contributed by atoms with van der Waals surface area (Å²) in [4.78, 5) is 20.4. The monoisotopic (exact) mass is 526 g/mol. The van der Waals surface area contributed by atoms with E-state index in [1.54, 1.807) is 26.8 Å². The SMILES string of the molecule is Cc1cc(C(C)(C)O)nc2c1[nH]c(=O)n2-c1cc(S(=O)(=O)N2CCCCc3ccccc32)ccc1Cl. The van der Waals surface area contributed by atoms with E-state index in [1.165, 1.54) is 27.1 Å². The van der Waals surface area contributed by atoms with Crippen molar-refractivity contribution in [3.05, 3.63) is 80.9 Å². The number of pyridine rings is 1. The van der Waals surface area contributed by atoms with Crippen LogP contribution in [0.25, 0.3) is 16.9 Å². The van der Waals surface area contributed by atoms with Crippen LogP contribution in [0.3, 0.4) is 0 Å². The maximum absolute atomic E-state index is 13.9. The number of nitrogens with zero attached hydrogens (tertiary/aromatic N) is 3. The summed E-state index contributed by atoms with van der Waals surface area (Å²) in [6.07, 6.45) is 2.45. The van der Waals surface area contributed by atoms with Crippen LogP contribution in [0, 0.1) is 6.92 Å². The van der Waals surface area contributed by atoms with Gasteiger partial charge in [0.25, 0.3) is 10.0 Å². The molecule has 0 unspecified atom stereocenters. The van der Waals surface area contributed by atoms with Gasteiger partial charge in [0.2, 0.25) is 0 Å². The number of anilines is 1. The molecule has 36 heavy (non-hydrogen) atoms. The number of sulfonamides is 1. The molecule has 2 aromatic heterocycles. The minimum absolute atomic E-state index is 0.0233. The zero-order valence-electron chi connectivity index (χ0n) is 20.2. The number of fused-ring (bicyclic) bond motifs is 2. The van der Waals surface area contributed by atoms with E-state index in [9.17, 15) is 18.3 Å². The van der Waals surface area contributed by atoms with Gasteiger partial charge >= 0.3 is 5.69 Å². The molecule has 0 saturated carbocycles. The number of imidazole rings is 1. The number of aryl methyl sites for hydroxylation is 2. The molecule has 1 aliphatic rings. The lowest BCUT2D eigenvalue weighted by molar-refractivity contribution is 0.0741. The lowest BCUT2D eigenvalue weighted by Crippen LogP contribution is -2.32. The highest BCUT2D eigenvalue weighted by Gasteiger charge is 2.29. The van der Waals surface area contributed by atoms with Gasteiger partial charge in [-0.15, -0.1) is 0 Å². The van der Waals surface area contributed by atoms with Crippen molar-refractivity contribution >= 4 is 38.5 Å². The largest absolute Gasteiger partial charge is 0.384 e. The number of H-pyrrole nitrogens is 1. The molecule has 4 aromatic rings. The maximum atomic E-state index is 13.9. The molecule has 1 aliphatic heterocycles. The van der Waals surface area contributed by atoms with Gasteiger partial charge in [0, 0.05) is 6.54 Å². The molecule has 0 radical (unpaired) electrons. The van der Waals surface area contributed by atoms with Crippen molar-refractivity contribution in [2.45, 2.75) is 50.5 Å². The van der Waals surface area contributed by atoms with Crippen molar-refractivity contribution in [1.82, 2.24) is 14.5 Å². The summed E-state index contributed by atoms with van der Waals surface area (Å²) >= 11 is 6.51. The zero-order valence-corrected chi connectivity index (χ0v) is 21.8. The van der Waals surface area contributed by atoms with Crippen molar-refractivity contribution in [1.29, 1.82) is 0 Å². The fourth-order valence-electron chi connectivity index (χ4n) is 4.63. The molecule has 3 heterocycles. The number of halogens is 1. The second-order valence-electron chi connectivity index (χ2n) is 9.62. The first-order chi connectivity index (χ1) is 17.0. The third-order valence-corrected chi connectivity index (χ3v) is 8.66. The lowest BCUT2D eigenvalue weighted by Gasteiger charge is -2.25. The second kappa shape index (κ2) is 8.76. The van der Waals surface area contributed by atoms with Crippen molar-refractivity contribution in [3.63, 3.8) is 0 Å².